The van der Waals surface area contributed by atoms with Crippen LogP contribution in [0, 0.1) is 6.92 Å². The van der Waals surface area contributed by atoms with Gasteiger partial charge in [-0.2, -0.15) is 0 Å². The Kier molecular flexibility index (Phi) is 3.50. The quantitative estimate of drug-likeness (QED) is 0.841. The minimum absolute atomic E-state index is 0.300. The number of anilines is 1. The fourth-order valence-corrected chi connectivity index (χ4v) is 2.55. The van der Waals surface area contributed by atoms with Crippen molar-refractivity contribution in [3.05, 3.63) is 45.6 Å². The van der Waals surface area contributed by atoms with Gasteiger partial charge < -0.3 is 14.6 Å². The number of amides is 1. The first-order valence-corrected chi connectivity index (χ1v) is 7.06. The second-order valence-corrected chi connectivity index (χ2v) is 5.63. The molecule has 108 valence electrons. The molecule has 7 heteroatoms. The summed E-state index contributed by atoms with van der Waals surface area (Å²) in [6, 6.07) is 6.85. The lowest BCUT2D eigenvalue weighted by atomic mass is 9.98. The maximum absolute atomic E-state index is 12.1. The van der Waals surface area contributed by atoms with Crippen molar-refractivity contribution < 1.29 is 18.8 Å². The standard InChI is InChI=1S/C14H11BrN2O4/c1-7-4-12(17-21-7)16-13(18)11-6-8-5-9(15)2-3-10(8)14(19)20-11/h2-5,11H,6H2,1H3,(H,16,17,18). The van der Waals surface area contributed by atoms with Crippen molar-refractivity contribution in [2.75, 3.05) is 5.32 Å². The summed E-state index contributed by atoms with van der Waals surface area (Å²) < 4.78 is 10.9. The summed E-state index contributed by atoms with van der Waals surface area (Å²) in [7, 11) is 0. The third-order valence-electron chi connectivity index (χ3n) is 3.11. The number of nitrogens with zero attached hydrogens (tertiary/aromatic N) is 1. The van der Waals surface area contributed by atoms with E-state index in [1.165, 1.54) is 0 Å². The molecule has 0 fully saturated rings. The number of carbonyl (C=O) groups is 2. The van der Waals surface area contributed by atoms with E-state index in [4.69, 9.17) is 9.26 Å². The number of rotatable bonds is 2. The summed E-state index contributed by atoms with van der Waals surface area (Å²) in [6.07, 6.45) is -0.556. The van der Waals surface area contributed by atoms with Crippen LogP contribution in [0.3, 0.4) is 0 Å². The normalized spacial score (nSPS) is 17.0. The van der Waals surface area contributed by atoms with Gasteiger partial charge in [0.2, 0.25) is 0 Å². The number of cyclic esters (lactones) is 1. The molecular formula is C14H11BrN2O4. The Labute approximate surface area is 128 Å². The number of ether oxygens (including phenoxy) is 1. The zero-order valence-corrected chi connectivity index (χ0v) is 12.6. The van der Waals surface area contributed by atoms with E-state index in [0.717, 1.165) is 10.0 Å². The monoisotopic (exact) mass is 350 g/mol. The summed E-state index contributed by atoms with van der Waals surface area (Å²) in [5.74, 6) is -0.0451. The van der Waals surface area contributed by atoms with Crippen molar-refractivity contribution in [2.24, 2.45) is 0 Å². The highest BCUT2D eigenvalue weighted by Crippen LogP contribution is 2.25. The van der Waals surface area contributed by atoms with E-state index in [0.29, 0.717) is 23.6 Å². The van der Waals surface area contributed by atoms with Crippen LogP contribution in [0.5, 0.6) is 0 Å². The molecule has 0 saturated carbocycles. The molecule has 1 aliphatic heterocycles. The van der Waals surface area contributed by atoms with Crippen LogP contribution >= 0.6 is 15.9 Å². The number of fused-ring (bicyclic) bond motifs is 1. The van der Waals surface area contributed by atoms with Gasteiger partial charge in [-0.05, 0) is 30.7 Å². The molecule has 0 saturated heterocycles. The summed E-state index contributed by atoms with van der Waals surface area (Å²) in [5, 5.41) is 6.24. The third-order valence-corrected chi connectivity index (χ3v) is 3.61. The highest BCUT2D eigenvalue weighted by molar-refractivity contribution is 9.10. The molecule has 2 heterocycles. The van der Waals surface area contributed by atoms with E-state index in [1.54, 1.807) is 25.1 Å². The largest absolute Gasteiger partial charge is 0.448 e. The Bertz CT molecular complexity index is 726. The second kappa shape index (κ2) is 5.33. The lowest BCUT2D eigenvalue weighted by Crippen LogP contribution is -2.38. The lowest BCUT2D eigenvalue weighted by molar-refractivity contribution is -0.125. The van der Waals surface area contributed by atoms with E-state index in [1.807, 2.05) is 6.07 Å². The summed E-state index contributed by atoms with van der Waals surface area (Å²) in [6.45, 7) is 1.72. The van der Waals surface area contributed by atoms with Gasteiger partial charge in [0.25, 0.3) is 5.91 Å². The predicted molar refractivity (Wildman–Crippen MR) is 76.9 cm³/mol. The number of esters is 1. The molecule has 0 spiro atoms. The number of carbonyl (C=O) groups excluding carboxylic acids is 2. The number of hydrogen-bond acceptors (Lipinski definition) is 5. The average molecular weight is 351 g/mol. The van der Waals surface area contributed by atoms with Crippen molar-refractivity contribution in [3.63, 3.8) is 0 Å². The van der Waals surface area contributed by atoms with Gasteiger partial charge >= 0.3 is 5.97 Å². The van der Waals surface area contributed by atoms with Gasteiger partial charge in [0.15, 0.2) is 11.9 Å². The van der Waals surface area contributed by atoms with Gasteiger partial charge in [-0.15, -0.1) is 0 Å². The smallest absolute Gasteiger partial charge is 0.339 e. The molecule has 1 aromatic carbocycles. The topological polar surface area (TPSA) is 81.4 Å². The van der Waals surface area contributed by atoms with Crippen LogP contribution in [0.15, 0.2) is 33.3 Å². The minimum atomic E-state index is -0.878. The van der Waals surface area contributed by atoms with Crippen molar-refractivity contribution in [1.29, 1.82) is 0 Å². The molecule has 3 rings (SSSR count). The molecule has 1 atom stereocenters. The fourth-order valence-electron chi connectivity index (χ4n) is 2.14. The van der Waals surface area contributed by atoms with Gasteiger partial charge in [-0.3, -0.25) is 4.79 Å². The molecule has 1 unspecified atom stereocenters. The van der Waals surface area contributed by atoms with Gasteiger partial charge in [0.1, 0.15) is 5.76 Å². The van der Waals surface area contributed by atoms with Crippen molar-refractivity contribution in [2.45, 2.75) is 19.4 Å². The number of nitrogens with one attached hydrogen (secondary N) is 1. The first-order valence-electron chi connectivity index (χ1n) is 6.26. The van der Waals surface area contributed by atoms with Crippen LogP contribution in [-0.4, -0.2) is 23.1 Å². The van der Waals surface area contributed by atoms with Crippen LogP contribution in [0.1, 0.15) is 21.7 Å². The zero-order valence-electron chi connectivity index (χ0n) is 11.1. The molecular weight excluding hydrogens is 340 g/mol. The van der Waals surface area contributed by atoms with Gasteiger partial charge in [0, 0.05) is 17.0 Å². The Morgan fingerprint density at radius 1 is 1.43 bits per heavy atom. The van der Waals surface area contributed by atoms with Crippen LogP contribution in [-0.2, 0) is 16.0 Å². The lowest BCUT2D eigenvalue weighted by Gasteiger charge is -2.23. The number of hydrogen-bond donors (Lipinski definition) is 1. The summed E-state index contributed by atoms with van der Waals surface area (Å²) in [5.41, 5.74) is 1.26. The average Bonchev–Trinajstić information content (AvgIpc) is 2.83. The van der Waals surface area contributed by atoms with E-state index in [-0.39, 0.29) is 0 Å². The molecule has 21 heavy (non-hydrogen) atoms. The molecule has 0 aliphatic carbocycles. The molecule has 1 amide bonds. The summed E-state index contributed by atoms with van der Waals surface area (Å²) >= 11 is 3.35. The number of benzene rings is 1. The first kappa shape index (κ1) is 13.8. The van der Waals surface area contributed by atoms with Crippen LogP contribution in [0.25, 0.3) is 0 Å². The van der Waals surface area contributed by atoms with E-state index < -0.39 is 18.0 Å². The van der Waals surface area contributed by atoms with E-state index in [2.05, 4.69) is 26.4 Å². The molecule has 0 radical (unpaired) electrons. The van der Waals surface area contributed by atoms with Crippen molar-refractivity contribution >= 4 is 33.6 Å². The molecule has 2 aromatic rings. The van der Waals surface area contributed by atoms with Crippen LogP contribution in [0.2, 0.25) is 0 Å². The third kappa shape index (κ3) is 2.82. The second-order valence-electron chi connectivity index (χ2n) is 4.71. The molecule has 0 bridgehead atoms. The Balaban J connectivity index is 1.78. The Morgan fingerprint density at radius 2 is 2.24 bits per heavy atom. The number of aryl methyl sites for hydroxylation is 1. The van der Waals surface area contributed by atoms with Gasteiger partial charge in [-0.1, -0.05) is 21.1 Å². The molecule has 6 nitrogen and oxygen atoms in total. The minimum Gasteiger partial charge on any atom is -0.448 e. The van der Waals surface area contributed by atoms with Gasteiger partial charge in [0.05, 0.1) is 5.56 Å². The number of aromatic nitrogens is 1. The fraction of sp³-hybridized carbons (Fsp3) is 0.214. The van der Waals surface area contributed by atoms with E-state index in [9.17, 15) is 9.59 Å². The maximum Gasteiger partial charge on any atom is 0.339 e. The predicted octanol–water partition coefficient (Wildman–Crippen LogP) is 2.47. The Hall–Kier alpha value is -2.15. The highest BCUT2D eigenvalue weighted by Gasteiger charge is 2.31. The van der Waals surface area contributed by atoms with Crippen molar-refractivity contribution in [3.8, 4) is 0 Å². The molecule has 1 aliphatic rings. The SMILES string of the molecule is Cc1cc(NC(=O)C2Cc3cc(Br)ccc3C(=O)O2)no1. The maximum atomic E-state index is 12.1. The zero-order chi connectivity index (χ0) is 15.0. The van der Waals surface area contributed by atoms with Crippen molar-refractivity contribution in [1.82, 2.24) is 5.16 Å². The number of halogens is 1. The molecule has 1 N–H and O–H groups in total. The highest BCUT2D eigenvalue weighted by atomic mass is 79.9. The first-order chi connectivity index (χ1) is 10.0. The van der Waals surface area contributed by atoms with Crippen LogP contribution in [0.4, 0.5) is 5.82 Å². The van der Waals surface area contributed by atoms with Crippen LogP contribution < -0.4 is 5.32 Å². The van der Waals surface area contributed by atoms with E-state index >= 15 is 0 Å². The van der Waals surface area contributed by atoms with Gasteiger partial charge in [-0.25, -0.2) is 4.79 Å². The molecule has 1 aromatic heterocycles. The Morgan fingerprint density at radius 3 is 2.95 bits per heavy atom. The summed E-state index contributed by atoms with van der Waals surface area (Å²) in [4.78, 5) is 24.1.